The van der Waals surface area contributed by atoms with Crippen LogP contribution in [0.1, 0.15) is 5.56 Å². The van der Waals surface area contributed by atoms with Crippen molar-refractivity contribution < 1.29 is 0 Å². The van der Waals surface area contributed by atoms with Gasteiger partial charge in [-0.25, -0.2) is 0 Å². The molecular weight excluding hydrogens is 222 g/mol. The smallest absolute Gasteiger partial charge is 0.255 e. The number of fused-ring (bicyclic) bond motifs is 1. The molecule has 1 N–H and O–H groups in total. The van der Waals surface area contributed by atoms with E-state index in [-0.39, 0.29) is 5.56 Å². The summed E-state index contributed by atoms with van der Waals surface area (Å²) in [5.41, 5.74) is 3.37. The average molecular weight is 235 g/mol. The summed E-state index contributed by atoms with van der Waals surface area (Å²) >= 11 is 0. The molecule has 0 unspecified atom stereocenters. The number of H-pyrrole nitrogens is 1. The predicted molar refractivity (Wildman–Crippen MR) is 74.7 cm³/mol. The van der Waals surface area contributed by atoms with Crippen LogP contribution < -0.4 is 5.56 Å². The lowest BCUT2D eigenvalue weighted by Gasteiger charge is -2.06. The van der Waals surface area contributed by atoms with E-state index in [1.165, 1.54) is 5.56 Å². The van der Waals surface area contributed by atoms with Crippen LogP contribution in [0.5, 0.6) is 0 Å². The highest BCUT2D eigenvalue weighted by atomic mass is 16.1. The third-order valence-electron chi connectivity index (χ3n) is 3.17. The molecule has 0 spiro atoms. The zero-order chi connectivity index (χ0) is 12.5. The van der Waals surface area contributed by atoms with Crippen LogP contribution >= 0.6 is 0 Å². The Morgan fingerprint density at radius 2 is 1.56 bits per heavy atom. The molecule has 88 valence electrons. The number of hydrogen-bond donors (Lipinski definition) is 1. The number of aryl methyl sites for hydroxylation is 1. The van der Waals surface area contributed by atoms with E-state index in [4.69, 9.17) is 0 Å². The Bertz CT molecular complexity index is 754. The van der Waals surface area contributed by atoms with Gasteiger partial charge in [0.1, 0.15) is 0 Å². The van der Waals surface area contributed by atoms with Gasteiger partial charge >= 0.3 is 0 Å². The highest BCUT2D eigenvalue weighted by Gasteiger charge is 2.05. The number of nitrogens with one attached hydrogen (secondary N) is 1. The van der Waals surface area contributed by atoms with Crippen molar-refractivity contribution in [2.75, 3.05) is 0 Å². The summed E-state index contributed by atoms with van der Waals surface area (Å²) in [6.07, 6.45) is 1.79. The molecule has 0 aliphatic rings. The van der Waals surface area contributed by atoms with Crippen molar-refractivity contribution in [2.24, 2.45) is 0 Å². The van der Waals surface area contributed by atoms with Crippen LogP contribution in [0.25, 0.3) is 21.9 Å². The third kappa shape index (κ3) is 1.72. The second-order valence-electron chi connectivity index (χ2n) is 4.44. The normalized spacial score (nSPS) is 10.7. The van der Waals surface area contributed by atoms with E-state index < -0.39 is 0 Å². The highest BCUT2D eigenvalue weighted by molar-refractivity contribution is 5.95. The molecule has 0 fully saturated rings. The Morgan fingerprint density at radius 3 is 2.28 bits per heavy atom. The summed E-state index contributed by atoms with van der Waals surface area (Å²) in [4.78, 5) is 14.6. The second-order valence-corrected chi connectivity index (χ2v) is 4.44. The minimum Gasteiger partial charge on any atom is -0.328 e. The van der Waals surface area contributed by atoms with Gasteiger partial charge in [0.25, 0.3) is 5.56 Å². The zero-order valence-corrected chi connectivity index (χ0v) is 10.1. The van der Waals surface area contributed by atoms with Gasteiger partial charge in [-0.15, -0.1) is 0 Å². The Balaban J connectivity index is 2.33. The summed E-state index contributed by atoms with van der Waals surface area (Å²) in [6.45, 7) is 2.06. The van der Waals surface area contributed by atoms with Gasteiger partial charge < -0.3 is 4.98 Å². The molecule has 0 aliphatic carbocycles. The van der Waals surface area contributed by atoms with Gasteiger partial charge in [0, 0.05) is 17.1 Å². The molecule has 0 radical (unpaired) electrons. The quantitative estimate of drug-likeness (QED) is 0.688. The number of benzene rings is 2. The third-order valence-corrected chi connectivity index (χ3v) is 3.17. The Hall–Kier alpha value is -2.35. The Morgan fingerprint density at radius 1 is 0.889 bits per heavy atom. The molecule has 0 saturated carbocycles. The van der Waals surface area contributed by atoms with Gasteiger partial charge in [-0.1, -0.05) is 48.0 Å². The summed E-state index contributed by atoms with van der Waals surface area (Å²) in [6, 6.07) is 16.0. The van der Waals surface area contributed by atoms with Crippen molar-refractivity contribution in [1.82, 2.24) is 4.98 Å². The topological polar surface area (TPSA) is 32.9 Å². The predicted octanol–water partition coefficient (Wildman–Crippen LogP) is 3.50. The first-order valence-corrected chi connectivity index (χ1v) is 5.93. The first kappa shape index (κ1) is 10.8. The first-order valence-electron chi connectivity index (χ1n) is 5.93. The van der Waals surface area contributed by atoms with E-state index in [2.05, 4.69) is 36.2 Å². The second kappa shape index (κ2) is 4.15. The van der Waals surface area contributed by atoms with Crippen LogP contribution in [-0.4, -0.2) is 4.98 Å². The molecule has 18 heavy (non-hydrogen) atoms. The molecule has 0 atom stereocenters. The van der Waals surface area contributed by atoms with Crippen LogP contribution in [0, 0.1) is 6.92 Å². The molecule has 2 aromatic carbocycles. The monoisotopic (exact) mass is 235 g/mol. The van der Waals surface area contributed by atoms with Crippen molar-refractivity contribution in [2.45, 2.75) is 6.92 Å². The van der Waals surface area contributed by atoms with E-state index in [0.717, 1.165) is 21.9 Å². The fraction of sp³-hybridized carbons (Fsp3) is 0.0625. The van der Waals surface area contributed by atoms with Crippen molar-refractivity contribution >= 4 is 10.8 Å². The van der Waals surface area contributed by atoms with Crippen molar-refractivity contribution in [3.05, 3.63) is 70.6 Å². The highest BCUT2D eigenvalue weighted by Crippen LogP contribution is 2.25. The standard InChI is InChI=1S/C16H13NO/c1-11-6-8-12(9-7-11)15-10-17-16(18)14-5-3-2-4-13(14)15/h2-10H,1H3,(H,17,18). The van der Waals surface area contributed by atoms with Gasteiger partial charge in [-0.2, -0.15) is 0 Å². The molecule has 1 heterocycles. The largest absolute Gasteiger partial charge is 0.328 e. The maximum atomic E-state index is 11.8. The first-order chi connectivity index (χ1) is 8.75. The Kier molecular flexibility index (Phi) is 2.49. The zero-order valence-electron chi connectivity index (χ0n) is 10.1. The lowest BCUT2D eigenvalue weighted by molar-refractivity contribution is 1.28. The number of aromatic nitrogens is 1. The van der Waals surface area contributed by atoms with E-state index in [9.17, 15) is 4.79 Å². The Labute approximate surface area is 105 Å². The molecule has 0 bridgehead atoms. The molecule has 0 aliphatic heterocycles. The van der Waals surface area contributed by atoms with Gasteiger partial charge in [0.05, 0.1) is 0 Å². The van der Waals surface area contributed by atoms with Crippen LogP contribution in [-0.2, 0) is 0 Å². The minimum atomic E-state index is -0.0403. The molecule has 0 saturated heterocycles. The molecule has 2 nitrogen and oxygen atoms in total. The maximum Gasteiger partial charge on any atom is 0.255 e. The lowest BCUT2D eigenvalue weighted by Crippen LogP contribution is -2.05. The SMILES string of the molecule is Cc1ccc(-c2c[nH]c(=O)c3ccccc23)cc1. The van der Waals surface area contributed by atoms with Gasteiger partial charge in [-0.05, 0) is 23.9 Å². The van der Waals surface area contributed by atoms with Crippen LogP contribution in [0.3, 0.4) is 0 Å². The van der Waals surface area contributed by atoms with Gasteiger partial charge in [0.15, 0.2) is 0 Å². The minimum absolute atomic E-state index is 0.0403. The van der Waals surface area contributed by atoms with E-state index in [1.54, 1.807) is 6.20 Å². The van der Waals surface area contributed by atoms with Gasteiger partial charge in [-0.3, -0.25) is 4.79 Å². The molecule has 3 aromatic rings. The van der Waals surface area contributed by atoms with Crippen molar-refractivity contribution in [3.8, 4) is 11.1 Å². The van der Waals surface area contributed by atoms with E-state index >= 15 is 0 Å². The molecular formula is C16H13NO. The molecule has 0 amide bonds. The fourth-order valence-electron chi connectivity index (χ4n) is 2.18. The molecule has 1 aromatic heterocycles. The van der Waals surface area contributed by atoms with E-state index in [0.29, 0.717) is 0 Å². The average Bonchev–Trinajstić information content (AvgIpc) is 2.41. The number of rotatable bonds is 1. The van der Waals surface area contributed by atoms with E-state index in [1.807, 2.05) is 24.3 Å². The molecule has 2 heteroatoms. The molecule has 3 rings (SSSR count). The van der Waals surface area contributed by atoms with Crippen LogP contribution in [0.15, 0.2) is 59.5 Å². The lowest BCUT2D eigenvalue weighted by atomic mass is 10.0. The number of pyridine rings is 1. The number of aromatic amines is 1. The fourth-order valence-corrected chi connectivity index (χ4v) is 2.18. The summed E-state index contributed by atoms with van der Waals surface area (Å²) in [5, 5.41) is 1.72. The van der Waals surface area contributed by atoms with Crippen LogP contribution in [0.4, 0.5) is 0 Å². The summed E-state index contributed by atoms with van der Waals surface area (Å²) in [7, 11) is 0. The van der Waals surface area contributed by atoms with Gasteiger partial charge in [0.2, 0.25) is 0 Å². The van der Waals surface area contributed by atoms with Crippen molar-refractivity contribution in [1.29, 1.82) is 0 Å². The summed E-state index contributed by atoms with van der Waals surface area (Å²) < 4.78 is 0. The number of hydrogen-bond acceptors (Lipinski definition) is 1. The summed E-state index contributed by atoms with van der Waals surface area (Å²) in [5.74, 6) is 0. The van der Waals surface area contributed by atoms with Crippen molar-refractivity contribution in [3.63, 3.8) is 0 Å². The van der Waals surface area contributed by atoms with Crippen LogP contribution in [0.2, 0.25) is 0 Å². The maximum absolute atomic E-state index is 11.8.